The number of nitrogens with one attached hydrogen (secondary N) is 1. The smallest absolute Gasteiger partial charge is 0.0413 e. The molecule has 0 aromatic heterocycles. The number of aryl methyl sites for hydroxylation is 1. The molecule has 0 saturated carbocycles. The zero-order chi connectivity index (χ0) is 13.7. The summed E-state index contributed by atoms with van der Waals surface area (Å²) in [6.07, 6.45) is 0. The molecule has 0 fully saturated rings. The van der Waals surface area contributed by atoms with E-state index in [1.807, 2.05) is 18.8 Å². The Morgan fingerprint density at radius 3 is 2.63 bits per heavy atom. The zero-order valence-electron chi connectivity index (χ0n) is 11.2. The zero-order valence-corrected chi connectivity index (χ0v) is 13.6. The first kappa shape index (κ1) is 14.6. The Morgan fingerprint density at radius 1 is 1.16 bits per heavy atom. The van der Waals surface area contributed by atoms with Gasteiger partial charge < -0.3 is 5.32 Å². The van der Waals surface area contributed by atoms with Gasteiger partial charge in [-0.1, -0.05) is 51.8 Å². The molecule has 0 aliphatic heterocycles. The van der Waals surface area contributed by atoms with Crippen LogP contribution in [0.3, 0.4) is 0 Å². The maximum atomic E-state index is 3.51. The Bertz CT molecular complexity index is 542. The van der Waals surface area contributed by atoms with Gasteiger partial charge in [-0.25, -0.2) is 0 Å². The summed E-state index contributed by atoms with van der Waals surface area (Å²) in [5.41, 5.74) is 2.66. The average Bonchev–Trinajstić information content (AvgIpc) is 2.40. The summed E-state index contributed by atoms with van der Waals surface area (Å²) < 4.78 is 1.13. The number of rotatable bonds is 5. The molecule has 0 saturated heterocycles. The van der Waals surface area contributed by atoms with Crippen LogP contribution in [0.15, 0.2) is 57.9 Å². The van der Waals surface area contributed by atoms with Crippen LogP contribution in [0, 0.1) is 6.92 Å². The first-order chi connectivity index (χ1) is 9.19. The van der Waals surface area contributed by atoms with Crippen molar-refractivity contribution in [3.05, 3.63) is 64.1 Å². The van der Waals surface area contributed by atoms with Crippen molar-refractivity contribution in [2.24, 2.45) is 0 Å². The highest BCUT2D eigenvalue weighted by Gasteiger charge is 2.09. The summed E-state index contributed by atoms with van der Waals surface area (Å²) in [6.45, 7) is 2.14. The first-order valence-electron chi connectivity index (χ1n) is 6.31. The fraction of sp³-hybridized carbons (Fsp3) is 0.250. The highest BCUT2D eigenvalue weighted by atomic mass is 79.9. The molecule has 1 unspecified atom stereocenters. The fourth-order valence-corrected chi connectivity index (χ4v) is 3.62. The van der Waals surface area contributed by atoms with Crippen LogP contribution in [-0.2, 0) is 0 Å². The Morgan fingerprint density at radius 2 is 1.95 bits per heavy atom. The summed E-state index contributed by atoms with van der Waals surface area (Å²) in [4.78, 5) is 1.29. The molecular weight excluding hydrogens is 318 g/mol. The van der Waals surface area contributed by atoms with E-state index in [-0.39, 0.29) is 0 Å². The quantitative estimate of drug-likeness (QED) is 0.787. The average molecular weight is 336 g/mol. The molecule has 0 spiro atoms. The summed E-state index contributed by atoms with van der Waals surface area (Å²) >= 11 is 5.39. The Hall–Kier alpha value is -0.770. The van der Waals surface area contributed by atoms with Crippen LogP contribution in [0.1, 0.15) is 17.2 Å². The third-order valence-electron chi connectivity index (χ3n) is 3.01. The van der Waals surface area contributed by atoms with Gasteiger partial charge in [-0.2, -0.15) is 0 Å². The monoisotopic (exact) mass is 335 g/mol. The van der Waals surface area contributed by atoms with E-state index >= 15 is 0 Å². The van der Waals surface area contributed by atoms with Crippen LogP contribution >= 0.6 is 27.7 Å². The molecule has 3 heteroatoms. The lowest BCUT2D eigenvalue weighted by Crippen LogP contribution is -2.18. The number of halogens is 1. The summed E-state index contributed by atoms with van der Waals surface area (Å²) in [5.74, 6) is 1.02. The standard InChI is InChI=1S/C16H18BrNS/c1-12-5-3-6-13(9-12)16(18-2)11-19-15-8-4-7-14(17)10-15/h3-10,16,18H,11H2,1-2H3. The minimum absolute atomic E-state index is 0.379. The minimum atomic E-state index is 0.379. The van der Waals surface area contributed by atoms with Gasteiger partial charge in [0.25, 0.3) is 0 Å². The molecule has 19 heavy (non-hydrogen) atoms. The SMILES string of the molecule is CNC(CSc1cccc(Br)c1)c1cccc(C)c1. The Labute approximate surface area is 127 Å². The second-order valence-corrected chi connectivity index (χ2v) is 6.53. The van der Waals surface area contributed by atoms with E-state index in [9.17, 15) is 0 Å². The number of hydrogen-bond donors (Lipinski definition) is 1. The lowest BCUT2D eigenvalue weighted by atomic mass is 10.1. The van der Waals surface area contributed by atoms with Gasteiger partial charge in [-0.05, 0) is 37.7 Å². The Kier molecular flexibility index (Phi) is 5.49. The van der Waals surface area contributed by atoms with E-state index in [1.165, 1.54) is 16.0 Å². The molecule has 1 N–H and O–H groups in total. The number of hydrogen-bond acceptors (Lipinski definition) is 2. The molecular formula is C16H18BrNS. The Balaban J connectivity index is 2.04. The van der Waals surface area contributed by atoms with Crippen molar-refractivity contribution in [1.82, 2.24) is 5.32 Å². The first-order valence-corrected chi connectivity index (χ1v) is 8.09. The molecule has 0 amide bonds. The van der Waals surface area contributed by atoms with Gasteiger partial charge in [-0.15, -0.1) is 11.8 Å². The highest BCUT2D eigenvalue weighted by Crippen LogP contribution is 2.26. The van der Waals surface area contributed by atoms with Crippen molar-refractivity contribution >= 4 is 27.7 Å². The van der Waals surface area contributed by atoms with E-state index < -0.39 is 0 Å². The van der Waals surface area contributed by atoms with Crippen molar-refractivity contribution in [1.29, 1.82) is 0 Å². The van der Waals surface area contributed by atoms with Crippen LogP contribution in [0.4, 0.5) is 0 Å². The number of thioether (sulfide) groups is 1. The van der Waals surface area contributed by atoms with E-state index in [0.717, 1.165) is 10.2 Å². The molecule has 1 atom stereocenters. The minimum Gasteiger partial charge on any atom is -0.312 e. The molecule has 0 heterocycles. The van der Waals surface area contributed by atoms with Crippen LogP contribution in [-0.4, -0.2) is 12.8 Å². The van der Waals surface area contributed by atoms with E-state index in [0.29, 0.717) is 6.04 Å². The lowest BCUT2D eigenvalue weighted by Gasteiger charge is -2.17. The van der Waals surface area contributed by atoms with E-state index in [2.05, 4.69) is 76.7 Å². The third-order valence-corrected chi connectivity index (χ3v) is 4.59. The second-order valence-electron chi connectivity index (χ2n) is 4.52. The van der Waals surface area contributed by atoms with Crippen LogP contribution in [0.25, 0.3) is 0 Å². The topological polar surface area (TPSA) is 12.0 Å². The van der Waals surface area contributed by atoms with Crippen molar-refractivity contribution < 1.29 is 0 Å². The van der Waals surface area contributed by atoms with Gasteiger partial charge in [0, 0.05) is 21.2 Å². The molecule has 0 aliphatic carbocycles. The molecule has 2 aromatic carbocycles. The molecule has 100 valence electrons. The third kappa shape index (κ3) is 4.37. The van der Waals surface area contributed by atoms with Crippen molar-refractivity contribution in [2.75, 3.05) is 12.8 Å². The molecule has 0 aliphatic rings. The van der Waals surface area contributed by atoms with Gasteiger partial charge in [0.05, 0.1) is 0 Å². The van der Waals surface area contributed by atoms with Crippen molar-refractivity contribution in [3.63, 3.8) is 0 Å². The van der Waals surface area contributed by atoms with E-state index in [1.54, 1.807) is 0 Å². The van der Waals surface area contributed by atoms with Gasteiger partial charge in [0.1, 0.15) is 0 Å². The van der Waals surface area contributed by atoms with Gasteiger partial charge in [0.15, 0.2) is 0 Å². The largest absolute Gasteiger partial charge is 0.312 e. The van der Waals surface area contributed by atoms with Gasteiger partial charge >= 0.3 is 0 Å². The summed E-state index contributed by atoms with van der Waals surface area (Å²) in [5, 5.41) is 3.40. The predicted molar refractivity (Wildman–Crippen MR) is 87.8 cm³/mol. The van der Waals surface area contributed by atoms with Crippen molar-refractivity contribution in [2.45, 2.75) is 17.9 Å². The second kappa shape index (κ2) is 7.13. The van der Waals surface area contributed by atoms with Crippen LogP contribution in [0.2, 0.25) is 0 Å². The maximum Gasteiger partial charge on any atom is 0.0413 e. The van der Waals surface area contributed by atoms with Crippen molar-refractivity contribution in [3.8, 4) is 0 Å². The number of benzene rings is 2. The predicted octanol–water partition coefficient (Wildman–Crippen LogP) is 4.81. The molecule has 2 aromatic rings. The molecule has 0 radical (unpaired) electrons. The lowest BCUT2D eigenvalue weighted by molar-refractivity contribution is 0.661. The summed E-state index contributed by atoms with van der Waals surface area (Å²) in [6, 6.07) is 17.5. The molecule has 0 bridgehead atoms. The maximum absolute atomic E-state index is 3.51. The van der Waals surface area contributed by atoms with Gasteiger partial charge in [0.2, 0.25) is 0 Å². The fourth-order valence-electron chi connectivity index (χ4n) is 1.97. The molecule has 1 nitrogen and oxygen atoms in total. The molecule has 2 rings (SSSR count). The van der Waals surface area contributed by atoms with Gasteiger partial charge in [-0.3, -0.25) is 0 Å². The van der Waals surface area contributed by atoms with Crippen LogP contribution < -0.4 is 5.32 Å². The highest BCUT2D eigenvalue weighted by molar-refractivity contribution is 9.10. The van der Waals surface area contributed by atoms with E-state index in [4.69, 9.17) is 0 Å². The van der Waals surface area contributed by atoms with Crippen LogP contribution in [0.5, 0.6) is 0 Å². The summed E-state index contributed by atoms with van der Waals surface area (Å²) in [7, 11) is 2.02. The normalized spacial score (nSPS) is 12.4.